The fourth-order valence-electron chi connectivity index (χ4n) is 3.42. The minimum atomic E-state index is -0.376. The molecule has 2 rings (SSSR count). The molecule has 4 heteroatoms. The standard InChI is InChI=1S/C16H24N4/c1-15(11-17)9-5-3-7-13(15)19-20-14-8-4-6-10-16(14,2)12-18/h13-14H,3-10H2,1-2H3. The van der Waals surface area contributed by atoms with Gasteiger partial charge in [-0.2, -0.15) is 20.8 Å². The Kier molecular flexibility index (Phi) is 4.43. The fraction of sp³-hybridized carbons (Fsp3) is 0.875. The smallest absolute Gasteiger partial charge is 0.0891 e. The van der Waals surface area contributed by atoms with Gasteiger partial charge in [0.1, 0.15) is 0 Å². The molecular weight excluding hydrogens is 248 g/mol. The maximum atomic E-state index is 9.40. The third-order valence-corrected chi connectivity index (χ3v) is 5.17. The molecule has 2 aliphatic carbocycles. The summed E-state index contributed by atoms with van der Waals surface area (Å²) in [5.41, 5.74) is -0.751. The second-order valence-electron chi connectivity index (χ2n) is 6.81. The number of azo groups is 1. The highest BCUT2D eigenvalue weighted by Gasteiger charge is 2.40. The minimum absolute atomic E-state index is 0.00567. The van der Waals surface area contributed by atoms with E-state index in [0.717, 1.165) is 51.4 Å². The monoisotopic (exact) mass is 272 g/mol. The van der Waals surface area contributed by atoms with Gasteiger partial charge in [0.2, 0.25) is 0 Å². The van der Waals surface area contributed by atoms with E-state index in [9.17, 15) is 10.5 Å². The summed E-state index contributed by atoms with van der Waals surface area (Å²) in [7, 11) is 0. The average molecular weight is 272 g/mol. The molecule has 0 bridgehead atoms. The maximum Gasteiger partial charge on any atom is 0.0891 e. The number of hydrogen-bond acceptors (Lipinski definition) is 4. The third kappa shape index (κ3) is 2.85. The van der Waals surface area contributed by atoms with Gasteiger partial charge in [-0.3, -0.25) is 0 Å². The highest BCUT2D eigenvalue weighted by atomic mass is 15.2. The molecule has 4 nitrogen and oxygen atoms in total. The highest BCUT2D eigenvalue weighted by Crippen LogP contribution is 2.40. The van der Waals surface area contributed by atoms with Crippen LogP contribution in [0.1, 0.15) is 65.2 Å². The highest BCUT2D eigenvalue weighted by molar-refractivity contribution is 5.07. The first-order chi connectivity index (χ1) is 9.54. The second-order valence-corrected chi connectivity index (χ2v) is 6.81. The Labute approximate surface area is 121 Å². The van der Waals surface area contributed by atoms with Crippen molar-refractivity contribution < 1.29 is 0 Å². The summed E-state index contributed by atoms with van der Waals surface area (Å²) in [5, 5.41) is 27.9. The van der Waals surface area contributed by atoms with E-state index in [-0.39, 0.29) is 22.9 Å². The third-order valence-electron chi connectivity index (χ3n) is 5.17. The lowest BCUT2D eigenvalue weighted by atomic mass is 9.72. The number of rotatable bonds is 2. The van der Waals surface area contributed by atoms with E-state index in [4.69, 9.17) is 0 Å². The van der Waals surface area contributed by atoms with E-state index in [1.807, 2.05) is 13.8 Å². The molecule has 0 heterocycles. The van der Waals surface area contributed by atoms with Crippen LogP contribution >= 0.6 is 0 Å². The SMILES string of the molecule is CC1(C#N)CCCCC1N=NC1CCCCC1(C)C#N. The molecule has 4 atom stereocenters. The van der Waals surface area contributed by atoms with E-state index >= 15 is 0 Å². The molecule has 0 saturated heterocycles. The Bertz CT molecular complexity index is 416. The van der Waals surface area contributed by atoms with Crippen LogP contribution in [0.3, 0.4) is 0 Å². The van der Waals surface area contributed by atoms with Gasteiger partial charge in [0.05, 0.1) is 35.1 Å². The first-order valence-corrected chi connectivity index (χ1v) is 7.76. The van der Waals surface area contributed by atoms with E-state index in [1.165, 1.54) is 0 Å². The number of nitrogens with zero attached hydrogens (tertiary/aromatic N) is 4. The molecule has 0 radical (unpaired) electrons. The van der Waals surface area contributed by atoms with Gasteiger partial charge in [0.25, 0.3) is 0 Å². The molecule has 108 valence electrons. The van der Waals surface area contributed by atoms with Crippen LogP contribution in [0, 0.1) is 33.5 Å². The van der Waals surface area contributed by atoms with Crippen molar-refractivity contribution in [3.63, 3.8) is 0 Å². The molecule has 2 saturated carbocycles. The van der Waals surface area contributed by atoms with E-state index in [2.05, 4.69) is 22.4 Å². The van der Waals surface area contributed by atoms with Crippen LogP contribution in [-0.2, 0) is 0 Å². The summed E-state index contributed by atoms with van der Waals surface area (Å²) in [6, 6.07) is 4.88. The summed E-state index contributed by atoms with van der Waals surface area (Å²) in [6.45, 7) is 4.00. The van der Waals surface area contributed by atoms with Crippen molar-refractivity contribution in [2.24, 2.45) is 21.1 Å². The summed E-state index contributed by atoms with van der Waals surface area (Å²) < 4.78 is 0. The normalized spacial score (nSPS) is 42.0. The van der Waals surface area contributed by atoms with Gasteiger partial charge in [0.15, 0.2) is 0 Å². The van der Waals surface area contributed by atoms with Crippen molar-refractivity contribution in [3.8, 4) is 12.1 Å². The van der Waals surface area contributed by atoms with Crippen molar-refractivity contribution in [2.45, 2.75) is 77.3 Å². The molecule has 0 aliphatic heterocycles. The first kappa shape index (κ1) is 15.0. The Balaban J connectivity index is 2.12. The van der Waals surface area contributed by atoms with Gasteiger partial charge in [0, 0.05) is 0 Å². The largest absolute Gasteiger partial charge is 0.198 e. The Morgan fingerprint density at radius 3 is 1.55 bits per heavy atom. The summed E-state index contributed by atoms with van der Waals surface area (Å²) >= 11 is 0. The molecule has 4 unspecified atom stereocenters. The Morgan fingerprint density at radius 1 is 0.800 bits per heavy atom. The predicted octanol–water partition coefficient (Wildman–Crippen LogP) is 4.38. The second kappa shape index (κ2) is 5.92. The van der Waals surface area contributed by atoms with Crippen molar-refractivity contribution >= 4 is 0 Å². The molecule has 0 amide bonds. The molecule has 0 aromatic heterocycles. The van der Waals surface area contributed by atoms with Crippen molar-refractivity contribution in [2.75, 3.05) is 0 Å². The zero-order valence-corrected chi connectivity index (χ0v) is 12.6. The summed E-state index contributed by atoms with van der Waals surface area (Å²) in [6.07, 6.45) is 8.18. The van der Waals surface area contributed by atoms with Crippen molar-refractivity contribution in [1.29, 1.82) is 10.5 Å². The molecular formula is C16H24N4. The van der Waals surface area contributed by atoms with E-state index in [1.54, 1.807) is 0 Å². The first-order valence-electron chi connectivity index (χ1n) is 7.76. The van der Waals surface area contributed by atoms with Crippen LogP contribution in [0.4, 0.5) is 0 Å². The predicted molar refractivity (Wildman–Crippen MR) is 76.8 cm³/mol. The van der Waals surface area contributed by atoms with Gasteiger partial charge in [-0.1, -0.05) is 25.7 Å². The van der Waals surface area contributed by atoms with Gasteiger partial charge in [-0.15, -0.1) is 0 Å². The zero-order chi connectivity index (χ0) is 14.6. The zero-order valence-electron chi connectivity index (χ0n) is 12.6. The van der Waals surface area contributed by atoms with Gasteiger partial charge in [-0.05, 0) is 39.5 Å². The molecule has 2 aliphatic rings. The fourth-order valence-corrected chi connectivity index (χ4v) is 3.42. The lowest BCUT2D eigenvalue weighted by Gasteiger charge is -2.35. The van der Waals surface area contributed by atoms with Crippen LogP contribution in [0.25, 0.3) is 0 Å². The summed E-state index contributed by atoms with van der Waals surface area (Å²) in [4.78, 5) is 0. The average Bonchev–Trinajstić information content (AvgIpc) is 2.48. The Morgan fingerprint density at radius 2 is 1.20 bits per heavy atom. The molecule has 0 spiro atoms. The van der Waals surface area contributed by atoms with Gasteiger partial charge < -0.3 is 0 Å². The van der Waals surface area contributed by atoms with Crippen LogP contribution < -0.4 is 0 Å². The lowest BCUT2D eigenvalue weighted by Crippen LogP contribution is -2.35. The number of hydrogen-bond donors (Lipinski definition) is 0. The Hall–Kier alpha value is -1.42. The molecule has 0 aromatic carbocycles. The van der Waals surface area contributed by atoms with Crippen molar-refractivity contribution in [3.05, 3.63) is 0 Å². The van der Waals surface area contributed by atoms with Gasteiger partial charge >= 0.3 is 0 Å². The van der Waals surface area contributed by atoms with Crippen LogP contribution in [0.5, 0.6) is 0 Å². The van der Waals surface area contributed by atoms with Gasteiger partial charge in [-0.25, -0.2) is 0 Å². The quantitative estimate of drug-likeness (QED) is 0.699. The van der Waals surface area contributed by atoms with E-state index < -0.39 is 0 Å². The van der Waals surface area contributed by atoms with Crippen molar-refractivity contribution in [1.82, 2.24) is 0 Å². The maximum absolute atomic E-state index is 9.40. The molecule has 0 N–H and O–H groups in total. The van der Waals surface area contributed by atoms with Crippen LogP contribution in [0.15, 0.2) is 10.2 Å². The van der Waals surface area contributed by atoms with Crippen LogP contribution in [0.2, 0.25) is 0 Å². The minimum Gasteiger partial charge on any atom is -0.198 e. The molecule has 0 aromatic rings. The lowest BCUT2D eigenvalue weighted by molar-refractivity contribution is 0.214. The molecule has 2 fully saturated rings. The van der Waals surface area contributed by atoms with E-state index in [0.29, 0.717) is 0 Å². The topological polar surface area (TPSA) is 72.3 Å². The molecule has 20 heavy (non-hydrogen) atoms. The number of nitriles is 2. The van der Waals surface area contributed by atoms with Crippen LogP contribution in [-0.4, -0.2) is 12.1 Å². The summed E-state index contributed by atoms with van der Waals surface area (Å²) in [5.74, 6) is 0.